The highest BCUT2D eigenvalue weighted by Gasteiger charge is 2.47. The molecule has 0 fully saturated rings. The zero-order valence-corrected chi connectivity index (χ0v) is 26.5. The van der Waals surface area contributed by atoms with Crippen LogP contribution in [0.15, 0.2) is 95.4 Å². The Morgan fingerprint density at radius 2 is 1.74 bits per heavy atom. The molecule has 5 rings (SSSR count). The molecule has 7 nitrogen and oxygen atoms in total. The molecule has 0 radical (unpaired) electrons. The second-order valence-corrected chi connectivity index (χ2v) is 13.4. The van der Waals surface area contributed by atoms with Gasteiger partial charge >= 0.3 is 0 Å². The normalized spacial score (nSPS) is 24.4. The van der Waals surface area contributed by atoms with E-state index in [1.165, 1.54) is 44.2 Å². The number of allylic oxidation sites excluding steroid dienone is 6. The van der Waals surface area contributed by atoms with Gasteiger partial charge in [0.05, 0.1) is 18.4 Å². The number of primary amides is 1. The Morgan fingerprint density at radius 3 is 2.47 bits per heavy atom. The largest absolute Gasteiger partial charge is 0.398 e. The van der Waals surface area contributed by atoms with Gasteiger partial charge in [-0.05, 0) is 74.1 Å². The first-order valence-corrected chi connectivity index (χ1v) is 15.6. The number of carbonyl (C=O) groups is 1. The summed E-state index contributed by atoms with van der Waals surface area (Å²) in [6, 6.07) is 17.4. The first-order valence-electron chi connectivity index (χ1n) is 15.6. The van der Waals surface area contributed by atoms with Crippen molar-refractivity contribution in [2.45, 2.75) is 70.3 Å². The predicted octanol–water partition coefficient (Wildman–Crippen LogP) is 4.10. The van der Waals surface area contributed by atoms with E-state index in [0.29, 0.717) is 13.0 Å². The molecule has 0 saturated carbocycles. The fourth-order valence-corrected chi connectivity index (χ4v) is 7.32. The first kappa shape index (κ1) is 30.8. The van der Waals surface area contributed by atoms with Crippen LogP contribution in [0.25, 0.3) is 0 Å². The molecule has 3 aliphatic rings. The number of rotatable bonds is 9. The standard InChI is InChI=1S/C36H48N6O/c1-35(2)27-13-6-8-15-29(27)41(22-21-33(37)43)31(35)19-17-25-11-10-12-26(34(25)38)18-20-32-36(3,4)28-14-7-9-16-30(28)42(32)24-23-40(5)39/h6-9,13-20,31H,10-12,21-24,38-39H2,1-5H3,(H2,37,43)/p+1/b19-17+,26-18+,32-20+. The molecule has 1 aliphatic carbocycles. The van der Waals surface area contributed by atoms with Crippen molar-refractivity contribution in [2.75, 3.05) is 31.6 Å². The van der Waals surface area contributed by atoms with E-state index in [1.807, 2.05) is 7.05 Å². The van der Waals surface area contributed by atoms with E-state index in [4.69, 9.17) is 17.3 Å². The number of hydrogen-bond acceptors (Lipinski definition) is 5. The third-order valence-electron chi connectivity index (χ3n) is 9.75. The zero-order chi connectivity index (χ0) is 30.9. The van der Waals surface area contributed by atoms with Gasteiger partial charge in [-0.2, -0.15) is 0 Å². The molecular formula is C36H49N6O+. The van der Waals surface area contributed by atoms with Crippen LogP contribution in [0.2, 0.25) is 0 Å². The summed E-state index contributed by atoms with van der Waals surface area (Å²) in [5, 5.41) is 1.74. The SMILES string of the molecule is CN(N)CCN1/C(=C/C=C2\CCCC(/C=C/C3[NH+](CCC(N)=O)c4ccccc4C3(C)C)=C2N)C(C)(C)c2ccccc21. The molecule has 0 spiro atoms. The summed E-state index contributed by atoms with van der Waals surface area (Å²) in [4.78, 5) is 15.4. The molecule has 2 unspecified atom stereocenters. The molecule has 2 aromatic carbocycles. The van der Waals surface area contributed by atoms with E-state index in [2.05, 4.69) is 105 Å². The highest BCUT2D eigenvalue weighted by atomic mass is 16.1. The van der Waals surface area contributed by atoms with Crippen molar-refractivity contribution in [2.24, 2.45) is 17.3 Å². The van der Waals surface area contributed by atoms with Gasteiger partial charge < -0.3 is 16.4 Å². The van der Waals surface area contributed by atoms with Crippen molar-refractivity contribution in [3.05, 3.63) is 107 Å². The summed E-state index contributed by atoms with van der Waals surface area (Å²) in [6.07, 6.45) is 12.4. The van der Waals surface area contributed by atoms with Gasteiger partial charge in [-0.15, -0.1) is 0 Å². The molecule has 7 N–H and O–H groups in total. The van der Waals surface area contributed by atoms with Crippen LogP contribution >= 0.6 is 0 Å². The molecule has 2 aliphatic heterocycles. The Kier molecular flexibility index (Phi) is 8.70. The maximum absolute atomic E-state index is 11.7. The fraction of sp³-hybridized carbons (Fsp3) is 0.417. The minimum Gasteiger partial charge on any atom is -0.398 e. The van der Waals surface area contributed by atoms with Crippen molar-refractivity contribution >= 4 is 17.3 Å². The summed E-state index contributed by atoms with van der Waals surface area (Å²) in [6.45, 7) is 11.4. The molecule has 1 amide bonds. The van der Waals surface area contributed by atoms with Crippen LogP contribution in [-0.4, -0.2) is 43.6 Å². The number of hydrogen-bond donors (Lipinski definition) is 4. The molecule has 0 bridgehead atoms. The maximum atomic E-state index is 11.7. The van der Waals surface area contributed by atoms with Crippen LogP contribution < -0.4 is 27.1 Å². The van der Waals surface area contributed by atoms with Crippen LogP contribution in [0, 0.1) is 0 Å². The number of nitrogens with one attached hydrogen (secondary N) is 1. The minimum absolute atomic E-state index is 0.0860. The highest BCUT2D eigenvalue weighted by molar-refractivity contribution is 5.74. The molecular weight excluding hydrogens is 532 g/mol. The summed E-state index contributed by atoms with van der Waals surface area (Å²) >= 11 is 0. The minimum atomic E-state index is -0.261. The second-order valence-electron chi connectivity index (χ2n) is 13.4. The van der Waals surface area contributed by atoms with E-state index in [-0.39, 0.29) is 22.8 Å². The number of anilines is 1. The van der Waals surface area contributed by atoms with Gasteiger partial charge in [0, 0.05) is 48.2 Å². The summed E-state index contributed by atoms with van der Waals surface area (Å²) < 4.78 is 0. The Bertz CT molecular complexity index is 1490. The van der Waals surface area contributed by atoms with Gasteiger partial charge in [0.25, 0.3) is 0 Å². The van der Waals surface area contributed by atoms with Gasteiger partial charge in [0.15, 0.2) is 0 Å². The third kappa shape index (κ3) is 5.94. The lowest BCUT2D eigenvalue weighted by atomic mass is 9.80. The van der Waals surface area contributed by atoms with Crippen LogP contribution in [0.1, 0.15) is 64.5 Å². The van der Waals surface area contributed by atoms with Crippen molar-refractivity contribution in [3.63, 3.8) is 0 Å². The highest BCUT2D eigenvalue weighted by Crippen LogP contribution is 2.47. The smallest absolute Gasteiger partial charge is 0.223 e. The molecule has 0 aromatic heterocycles. The quantitative estimate of drug-likeness (QED) is 0.264. The lowest BCUT2D eigenvalue weighted by Gasteiger charge is -2.28. The number of likely N-dealkylation sites (N-methyl/N-ethyl adjacent to an activating group) is 1. The van der Waals surface area contributed by atoms with Crippen LogP contribution in [-0.2, 0) is 15.6 Å². The molecule has 0 saturated heterocycles. The lowest BCUT2D eigenvalue weighted by molar-refractivity contribution is -0.849. The molecule has 2 aromatic rings. The number of nitrogens with zero attached hydrogens (tertiary/aromatic N) is 2. The second kappa shape index (κ2) is 12.2. The molecule has 228 valence electrons. The van der Waals surface area contributed by atoms with E-state index < -0.39 is 0 Å². The molecule has 2 heterocycles. The molecule has 43 heavy (non-hydrogen) atoms. The number of amides is 1. The van der Waals surface area contributed by atoms with Gasteiger partial charge in [-0.1, -0.05) is 62.4 Å². The zero-order valence-electron chi connectivity index (χ0n) is 26.5. The topological polar surface area (TPSA) is 106 Å². The number of quaternary nitrogens is 1. The number of benzene rings is 2. The Balaban J connectivity index is 1.45. The van der Waals surface area contributed by atoms with E-state index in [1.54, 1.807) is 5.01 Å². The van der Waals surface area contributed by atoms with Crippen molar-refractivity contribution in [3.8, 4) is 0 Å². The van der Waals surface area contributed by atoms with Gasteiger partial charge in [-0.3, -0.25) is 15.5 Å². The Morgan fingerprint density at radius 1 is 1.05 bits per heavy atom. The lowest BCUT2D eigenvalue weighted by Crippen LogP contribution is -3.11. The van der Waals surface area contributed by atoms with Gasteiger partial charge in [0.2, 0.25) is 5.91 Å². The fourth-order valence-electron chi connectivity index (χ4n) is 7.32. The van der Waals surface area contributed by atoms with Crippen molar-refractivity contribution in [1.29, 1.82) is 0 Å². The van der Waals surface area contributed by atoms with E-state index in [9.17, 15) is 4.79 Å². The predicted molar refractivity (Wildman–Crippen MR) is 177 cm³/mol. The van der Waals surface area contributed by atoms with Crippen molar-refractivity contribution in [1.82, 2.24) is 5.01 Å². The van der Waals surface area contributed by atoms with Crippen LogP contribution in [0.3, 0.4) is 0 Å². The third-order valence-corrected chi connectivity index (χ3v) is 9.75. The molecule has 2 atom stereocenters. The summed E-state index contributed by atoms with van der Waals surface area (Å²) in [5.74, 6) is 5.74. The average Bonchev–Trinajstić information content (AvgIpc) is 3.32. The van der Waals surface area contributed by atoms with E-state index >= 15 is 0 Å². The maximum Gasteiger partial charge on any atom is 0.223 e. The number of para-hydroxylation sites is 2. The Labute approximate surface area is 257 Å². The molecule has 7 heteroatoms. The number of hydrazine groups is 1. The van der Waals surface area contributed by atoms with Gasteiger partial charge in [0.1, 0.15) is 11.7 Å². The van der Waals surface area contributed by atoms with Gasteiger partial charge in [-0.25, -0.2) is 5.01 Å². The first-order chi connectivity index (χ1) is 20.4. The number of nitrogens with two attached hydrogens (primary N) is 3. The summed E-state index contributed by atoms with van der Waals surface area (Å²) in [5.41, 5.74) is 21.9. The average molecular weight is 582 g/mol. The monoisotopic (exact) mass is 581 g/mol. The van der Waals surface area contributed by atoms with Crippen LogP contribution in [0.5, 0.6) is 0 Å². The Hall–Kier alpha value is -3.65. The van der Waals surface area contributed by atoms with E-state index in [0.717, 1.165) is 38.0 Å². The summed E-state index contributed by atoms with van der Waals surface area (Å²) in [7, 11) is 1.91. The number of carbonyl (C=O) groups excluding carboxylic acids is 1. The van der Waals surface area contributed by atoms with Crippen LogP contribution in [0.4, 0.5) is 11.4 Å². The number of fused-ring (bicyclic) bond motifs is 2. The van der Waals surface area contributed by atoms with Crippen molar-refractivity contribution < 1.29 is 9.69 Å².